The number of carbonyl (C=O) groups excluding carboxylic acids is 1. The van der Waals surface area contributed by atoms with Gasteiger partial charge in [-0.25, -0.2) is 9.18 Å². The fourth-order valence-electron chi connectivity index (χ4n) is 0.994. The van der Waals surface area contributed by atoms with Crippen molar-refractivity contribution in [3.05, 3.63) is 29.6 Å². The number of thiocarbonyl (C=S) groups is 1. The Balaban J connectivity index is 2.97. The van der Waals surface area contributed by atoms with Gasteiger partial charge in [0, 0.05) is 0 Å². The third-order valence-corrected chi connectivity index (χ3v) is 1.75. The van der Waals surface area contributed by atoms with Gasteiger partial charge >= 0.3 is 5.97 Å². The minimum absolute atomic E-state index is 0.0419. The highest BCUT2D eigenvalue weighted by atomic mass is 32.1. The normalized spacial score (nSPS) is 9.47. The molecule has 0 aliphatic heterocycles. The second-order valence-electron chi connectivity index (χ2n) is 2.68. The van der Waals surface area contributed by atoms with Crippen LogP contribution >= 0.6 is 12.2 Å². The van der Waals surface area contributed by atoms with Crippen molar-refractivity contribution in [1.82, 2.24) is 0 Å². The highest BCUT2D eigenvalue weighted by Gasteiger charge is 2.09. The number of carbonyl (C=O) groups is 1. The van der Waals surface area contributed by atoms with E-state index in [1.54, 1.807) is 0 Å². The molecular weight excluding hydrogens is 219 g/mol. The minimum Gasteiger partial charge on any atom is -0.465 e. The maximum atomic E-state index is 13.3. The molecular formula is C9H9FN2O2S. The van der Waals surface area contributed by atoms with Crippen LogP contribution in [0.4, 0.5) is 10.1 Å². The van der Waals surface area contributed by atoms with Gasteiger partial charge < -0.3 is 15.8 Å². The van der Waals surface area contributed by atoms with Crippen LogP contribution < -0.4 is 11.1 Å². The Kier molecular flexibility index (Phi) is 3.56. The van der Waals surface area contributed by atoms with Crippen molar-refractivity contribution in [2.75, 3.05) is 12.4 Å². The summed E-state index contributed by atoms with van der Waals surface area (Å²) in [6.07, 6.45) is 0. The highest BCUT2D eigenvalue weighted by Crippen LogP contribution is 2.15. The number of ether oxygens (including phenoxy) is 1. The van der Waals surface area contributed by atoms with Gasteiger partial charge in [0.25, 0.3) is 0 Å². The van der Waals surface area contributed by atoms with E-state index in [2.05, 4.69) is 22.3 Å². The standard InChI is InChI=1S/C9H9FN2O2S/c1-14-8(13)5-2-3-7(6(10)4-5)12-9(11)15/h2-4H,1H3,(H3,11,12,15). The number of methoxy groups -OCH3 is 1. The molecule has 15 heavy (non-hydrogen) atoms. The molecule has 0 heterocycles. The molecule has 6 heteroatoms. The molecule has 0 unspecified atom stereocenters. The Hall–Kier alpha value is -1.69. The molecule has 0 saturated carbocycles. The van der Waals surface area contributed by atoms with Gasteiger partial charge in [0.2, 0.25) is 0 Å². The van der Waals surface area contributed by atoms with Crippen molar-refractivity contribution in [2.24, 2.45) is 5.73 Å². The van der Waals surface area contributed by atoms with Crippen LogP contribution in [0.2, 0.25) is 0 Å². The van der Waals surface area contributed by atoms with E-state index >= 15 is 0 Å². The summed E-state index contributed by atoms with van der Waals surface area (Å²) in [4.78, 5) is 11.0. The van der Waals surface area contributed by atoms with E-state index < -0.39 is 11.8 Å². The number of esters is 1. The minimum atomic E-state index is -0.620. The fraction of sp³-hybridized carbons (Fsp3) is 0.111. The highest BCUT2D eigenvalue weighted by molar-refractivity contribution is 7.80. The van der Waals surface area contributed by atoms with Crippen molar-refractivity contribution < 1.29 is 13.9 Å². The molecule has 0 atom stereocenters. The third-order valence-electron chi connectivity index (χ3n) is 1.65. The largest absolute Gasteiger partial charge is 0.465 e. The molecule has 0 radical (unpaired) electrons. The van der Waals surface area contributed by atoms with Gasteiger partial charge in [-0.05, 0) is 30.4 Å². The number of halogens is 1. The van der Waals surface area contributed by atoms with E-state index in [0.717, 1.165) is 6.07 Å². The average molecular weight is 228 g/mol. The maximum absolute atomic E-state index is 13.3. The first-order valence-electron chi connectivity index (χ1n) is 3.99. The second-order valence-corrected chi connectivity index (χ2v) is 3.12. The summed E-state index contributed by atoms with van der Waals surface area (Å²) < 4.78 is 17.8. The van der Waals surface area contributed by atoms with Gasteiger partial charge in [-0.1, -0.05) is 0 Å². The quantitative estimate of drug-likeness (QED) is 0.589. The molecule has 1 rings (SSSR count). The zero-order valence-electron chi connectivity index (χ0n) is 7.91. The van der Waals surface area contributed by atoms with Crippen molar-refractivity contribution in [2.45, 2.75) is 0 Å². The average Bonchev–Trinajstić information content (AvgIpc) is 2.19. The Morgan fingerprint density at radius 1 is 1.60 bits per heavy atom. The number of hydrogen-bond acceptors (Lipinski definition) is 3. The van der Waals surface area contributed by atoms with Crippen LogP contribution in [0.1, 0.15) is 10.4 Å². The molecule has 0 spiro atoms. The van der Waals surface area contributed by atoms with Crippen molar-refractivity contribution in [1.29, 1.82) is 0 Å². The molecule has 0 aliphatic carbocycles. The van der Waals surface area contributed by atoms with Crippen LogP contribution in [-0.2, 0) is 4.74 Å². The van der Waals surface area contributed by atoms with E-state index in [4.69, 9.17) is 5.73 Å². The summed E-state index contributed by atoms with van der Waals surface area (Å²) in [5, 5.41) is 2.40. The topological polar surface area (TPSA) is 64.3 Å². The molecule has 0 saturated heterocycles. The third kappa shape index (κ3) is 2.88. The van der Waals surface area contributed by atoms with Crippen LogP contribution in [0.5, 0.6) is 0 Å². The number of anilines is 1. The molecule has 1 aromatic rings. The summed E-state index contributed by atoms with van der Waals surface area (Å²) in [5.41, 5.74) is 5.43. The van der Waals surface area contributed by atoms with Gasteiger partial charge in [0.1, 0.15) is 5.82 Å². The molecule has 4 nitrogen and oxygen atoms in total. The molecule has 1 aromatic carbocycles. The second kappa shape index (κ2) is 4.70. The maximum Gasteiger partial charge on any atom is 0.337 e. The summed E-state index contributed by atoms with van der Waals surface area (Å²) in [7, 11) is 1.22. The zero-order valence-corrected chi connectivity index (χ0v) is 8.73. The Bertz CT molecular complexity index is 409. The van der Waals surface area contributed by atoms with E-state index in [1.807, 2.05) is 0 Å². The van der Waals surface area contributed by atoms with E-state index in [-0.39, 0.29) is 16.4 Å². The summed E-state index contributed by atoms with van der Waals surface area (Å²) in [6, 6.07) is 3.82. The van der Waals surface area contributed by atoms with Gasteiger partial charge in [-0.2, -0.15) is 0 Å². The van der Waals surface area contributed by atoms with Crippen molar-refractivity contribution in [3.63, 3.8) is 0 Å². The fourth-order valence-corrected chi connectivity index (χ4v) is 1.10. The Labute approximate surface area is 91.2 Å². The monoisotopic (exact) mass is 228 g/mol. The van der Waals surface area contributed by atoms with Gasteiger partial charge in [-0.3, -0.25) is 0 Å². The lowest BCUT2D eigenvalue weighted by Gasteiger charge is -2.06. The molecule has 80 valence electrons. The van der Waals surface area contributed by atoms with Gasteiger partial charge in [-0.15, -0.1) is 0 Å². The van der Waals surface area contributed by atoms with Crippen LogP contribution in [0, 0.1) is 5.82 Å². The molecule has 0 aliphatic rings. The number of nitrogens with one attached hydrogen (secondary N) is 1. The lowest BCUT2D eigenvalue weighted by atomic mass is 10.2. The smallest absolute Gasteiger partial charge is 0.337 e. The first-order valence-corrected chi connectivity index (χ1v) is 4.39. The first-order chi connectivity index (χ1) is 7.04. The van der Waals surface area contributed by atoms with Crippen LogP contribution in [-0.4, -0.2) is 18.2 Å². The zero-order chi connectivity index (χ0) is 11.4. The molecule has 0 amide bonds. The molecule has 0 bridgehead atoms. The number of rotatable bonds is 2. The lowest BCUT2D eigenvalue weighted by molar-refractivity contribution is 0.0600. The van der Waals surface area contributed by atoms with Crippen molar-refractivity contribution >= 4 is 29.0 Å². The van der Waals surface area contributed by atoms with Crippen molar-refractivity contribution in [3.8, 4) is 0 Å². The van der Waals surface area contributed by atoms with Crippen LogP contribution in [0.25, 0.3) is 0 Å². The molecule has 0 aromatic heterocycles. The summed E-state index contributed by atoms with van der Waals surface area (Å²) in [6.45, 7) is 0. The summed E-state index contributed by atoms with van der Waals surface area (Å²) >= 11 is 4.55. The van der Waals surface area contributed by atoms with E-state index in [9.17, 15) is 9.18 Å². The van der Waals surface area contributed by atoms with Gasteiger partial charge in [0.15, 0.2) is 5.11 Å². The predicted molar refractivity (Wildman–Crippen MR) is 58.1 cm³/mol. The SMILES string of the molecule is COC(=O)c1ccc(NC(N)=S)c(F)c1. The van der Waals surface area contributed by atoms with Crippen LogP contribution in [0.15, 0.2) is 18.2 Å². The van der Waals surface area contributed by atoms with E-state index in [1.165, 1.54) is 19.2 Å². The Morgan fingerprint density at radius 2 is 2.27 bits per heavy atom. The van der Waals surface area contributed by atoms with Crippen LogP contribution in [0.3, 0.4) is 0 Å². The van der Waals surface area contributed by atoms with E-state index in [0.29, 0.717) is 0 Å². The Morgan fingerprint density at radius 3 is 2.73 bits per heavy atom. The summed E-state index contributed by atoms with van der Waals surface area (Å²) in [5.74, 6) is -1.22. The number of benzene rings is 1. The molecule has 0 fully saturated rings. The predicted octanol–water partition coefficient (Wildman–Crippen LogP) is 1.27. The first kappa shape index (κ1) is 11.4. The molecule has 3 N–H and O–H groups in total. The van der Waals surface area contributed by atoms with Gasteiger partial charge in [0.05, 0.1) is 18.4 Å². The lowest BCUT2D eigenvalue weighted by Crippen LogP contribution is -2.19. The number of hydrogen-bond donors (Lipinski definition) is 2. The number of nitrogens with two attached hydrogens (primary N) is 1.